The van der Waals surface area contributed by atoms with Crippen LogP contribution in [0.15, 0.2) is 24.3 Å². The minimum atomic E-state index is 0.191. The van der Waals surface area contributed by atoms with Crippen LogP contribution >= 0.6 is 0 Å². The molecule has 1 aromatic carbocycles. The molecule has 0 amide bonds. The van der Waals surface area contributed by atoms with Gasteiger partial charge in [0, 0.05) is 12.6 Å². The molecule has 1 spiro atoms. The Balaban J connectivity index is 1.67. The van der Waals surface area contributed by atoms with Crippen LogP contribution in [0.3, 0.4) is 0 Å². The number of hydrogen-bond acceptors (Lipinski definition) is 3. The van der Waals surface area contributed by atoms with Crippen molar-refractivity contribution < 1.29 is 9.47 Å². The SMILES string of the molecule is CCOc1ccccc1NC1CCOC2(CCC2)C1. The van der Waals surface area contributed by atoms with Crippen molar-refractivity contribution in [3.63, 3.8) is 0 Å². The Bertz CT molecular complexity index is 429. The van der Waals surface area contributed by atoms with Gasteiger partial charge >= 0.3 is 0 Å². The van der Waals surface area contributed by atoms with E-state index in [4.69, 9.17) is 9.47 Å². The molecule has 1 saturated carbocycles. The van der Waals surface area contributed by atoms with Crippen LogP contribution < -0.4 is 10.1 Å². The lowest BCUT2D eigenvalue weighted by molar-refractivity contribution is -0.130. The standard InChI is InChI=1S/C16H23NO2/c1-2-18-15-7-4-3-6-14(15)17-13-8-11-19-16(12-13)9-5-10-16/h3-4,6-7,13,17H,2,5,8-12H2,1H3. The summed E-state index contributed by atoms with van der Waals surface area (Å²) in [7, 11) is 0. The summed E-state index contributed by atoms with van der Waals surface area (Å²) in [6.07, 6.45) is 6.01. The Hall–Kier alpha value is -1.22. The van der Waals surface area contributed by atoms with Crippen molar-refractivity contribution in [1.82, 2.24) is 0 Å². The van der Waals surface area contributed by atoms with Gasteiger partial charge in [0.15, 0.2) is 0 Å². The molecule has 1 heterocycles. The Morgan fingerprint density at radius 3 is 2.95 bits per heavy atom. The monoisotopic (exact) mass is 261 g/mol. The molecule has 0 bridgehead atoms. The van der Waals surface area contributed by atoms with Gasteiger partial charge in [0.05, 0.1) is 17.9 Å². The highest BCUT2D eigenvalue weighted by molar-refractivity contribution is 5.56. The van der Waals surface area contributed by atoms with Crippen LogP contribution in [0, 0.1) is 0 Å². The van der Waals surface area contributed by atoms with Crippen LogP contribution in [0.5, 0.6) is 5.75 Å². The van der Waals surface area contributed by atoms with Crippen LogP contribution in [0.2, 0.25) is 0 Å². The highest BCUT2D eigenvalue weighted by Crippen LogP contribution is 2.43. The third-order valence-electron chi connectivity index (χ3n) is 4.30. The van der Waals surface area contributed by atoms with Crippen molar-refractivity contribution >= 4 is 5.69 Å². The summed E-state index contributed by atoms with van der Waals surface area (Å²) in [5.74, 6) is 0.958. The van der Waals surface area contributed by atoms with E-state index >= 15 is 0 Å². The Morgan fingerprint density at radius 2 is 2.21 bits per heavy atom. The molecule has 3 nitrogen and oxygen atoms in total. The Morgan fingerprint density at radius 1 is 1.37 bits per heavy atom. The molecular formula is C16H23NO2. The lowest BCUT2D eigenvalue weighted by Gasteiger charge is -2.47. The topological polar surface area (TPSA) is 30.5 Å². The predicted octanol–water partition coefficient (Wildman–Crippen LogP) is 3.60. The van der Waals surface area contributed by atoms with Crippen LogP contribution in [-0.2, 0) is 4.74 Å². The first-order valence-corrected chi connectivity index (χ1v) is 7.44. The first-order valence-electron chi connectivity index (χ1n) is 7.44. The summed E-state index contributed by atoms with van der Waals surface area (Å²) < 4.78 is 11.7. The fourth-order valence-electron chi connectivity index (χ4n) is 3.16. The fraction of sp³-hybridized carbons (Fsp3) is 0.625. The number of para-hydroxylation sites is 2. The van der Waals surface area contributed by atoms with Gasteiger partial charge in [-0.25, -0.2) is 0 Å². The van der Waals surface area contributed by atoms with Crippen molar-refractivity contribution in [2.45, 2.75) is 50.7 Å². The van der Waals surface area contributed by atoms with Gasteiger partial charge < -0.3 is 14.8 Å². The molecule has 1 unspecified atom stereocenters. The van der Waals surface area contributed by atoms with Crippen molar-refractivity contribution in [2.75, 3.05) is 18.5 Å². The molecular weight excluding hydrogens is 238 g/mol. The molecule has 3 heteroatoms. The molecule has 1 aromatic rings. The van der Waals surface area contributed by atoms with E-state index in [1.54, 1.807) is 0 Å². The molecule has 104 valence electrons. The first-order chi connectivity index (χ1) is 9.31. The van der Waals surface area contributed by atoms with Crippen LogP contribution in [-0.4, -0.2) is 24.9 Å². The molecule has 2 aliphatic rings. The maximum Gasteiger partial charge on any atom is 0.142 e. The largest absolute Gasteiger partial charge is 0.492 e. The maximum absolute atomic E-state index is 5.98. The van der Waals surface area contributed by atoms with E-state index in [9.17, 15) is 0 Å². The van der Waals surface area contributed by atoms with Gasteiger partial charge in [-0.15, -0.1) is 0 Å². The van der Waals surface area contributed by atoms with E-state index in [0.717, 1.165) is 30.9 Å². The lowest BCUT2D eigenvalue weighted by atomic mass is 9.74. The molecule has 1 saturated heterocycles. The summed E-state index contributed by atoms with van der Waals surface area (Å²) in [6.45, 7) is 3.61. The van der Waals surface area contributed by atoms with E-state index in [1.807, 2.05) is 19.1 Å². The van der Waals surface area contributed by atoms with Gasteiger partial charge in [-0.3, -0.25) is 0 Å². The third-order valence-corrected chi connectivity index (χ3v) is 4.30. The van der Waals surface area contributed by atoms with Gasteiger partial charge in [0.25, 0.3) is 0 Å². The summed E-state index contributed by atoms with van der Waals surface area (Å²) in [6, 6.07) is 8.73. The summed E-state index contributed by atoms with van der Waals surface area (Å²) in [4.78, 5) is 0. The van der Waals surface area contributed by atoms with Crippen LogP contribution in [0.1, 0.15) is 39.0 Å². The highest BCUT2D eigenvalue weighted by Gasteiger charge is 2.42. The lowest BCUT2D eigenvalue weighted by Crippen LogP contribution is -2.49. The van der Waals surface area contributed by atoms with Gasteiger partial charge in [0.2, 0.25) is 0 Å². The van der Waals surface area contributed by atoms with Gasteiger partial charge in [0.1, 0.15) is 5.75 Å². The number of nitrogens with one attached hydrogen (secondary N) is 1. The Labute approximate surface area is 115 Å². The number of rotatable bonds is 4. The second-order valence-corrected chi connectivity index (χ2v) is 5.65. The van der Waals surface area contributed by atoms with E-state index in [-0.39, 0.29) is 5.60 Å². The quantitative estimate of drug-likeness (QED) is 0.898. The molecule has 0 aromatic heterocycles. The van der Waals surface area contributed by atoms with Crippen LogP contribution in [0.4, 0.5) is 5.69 Å². The number of anilines is 1. The van der Waals surface area contributed by atoms with Crippen molar-refractivity contribution in [3.05, 3.63) is 24.3 Å². The van der Waals surface area contributed by atoms with E-state index < -0.39 is 0 Å². The molecule has 1 aliphatic heterocycles. The van der Waals surface area contributed by atoms with Crippen molar-refractivity contribution in [2.24, 2.45) is 0 Å². The van der Waals surface area contributed by atoms with E-state index in [2.05, 4.69) is 17.4 Å². The molecule has 19 heavy (non-hydrogen) atoms. The third kappa shape index (κ3) is 2.71. The molecule has 1 aliphatic carbocycles. The Kier molecular flexibility index (Phi) is 3.65. The zero-order chi connectivity index (χ0) is 13.1. The average molecular weight is 261 g/mol. The van der Waals surface area contributed by atoms with Crippen molar-refractivity contribution in [3.8, 4) is 5.75 Å². The minimum absolute atomic E-state index is 0.191. The summed E-state index contributed by atoms with van der Waals surface area (Å²) in [5.41, 5.74) is 1.31. The molecule has 1 N–H and O–H groups in total. The summed E-state index contributed by atoms with van der Waals surface area (Å²) in [5, 5.41) is 3.65. The van der Waals surface area contributed by atoms with E-state index in [0.29, 0.717) is 12.6 Å². The second kappa shape index (κ2) is 5.41. The van der Waals surface area contributed by atoms with Gasteiger partial charge in [-0.1, -0.05) is 12.1 Å². The molecule has 2 fully saturated rings. The zero-order valence-electron chi connectivity index (χ0n) is 11.7. The average Bonchev–Trinajstić information content (AvgIpc) is 2.40. The predicted molar refractivity (Wildman–Crippen MR) is 76.8 cm³/mol. The second-order valence-electron chi connectivity index (χ2n) is 5.65. The first kappa shape index (κ1) is 12.8. The molecule has 3 rings (SSSR count). The number of benzene rings is 1. The highest BCUT2D eigenvalue weighted by atomic mass is 16.5. The number of hydrogen-bond donors (Lipinski definition) is 1. The molecule has 1 atom stereocenters. The van der Waals surface area contributed by atoms with Gasteiger partial charge in [-0.05, 0) is 51.2 Å². The van der Waals surface area contributed by atoms with E-state index in [1.165, 1.54) is 19.3 Å². The maximum atomic E-state index is 5.98. The zero-order valence-corrected chi connectivity index (χ0v) is 11.7. The van der Waals surface area contributed by atoms with Gasteiger partial charge in [-0.2, -0.15) is 0 Å². The molecule has 0 radical (unpaired) electrons. The smallest absolute Gasteiger partial charge is 0.142 e. The van der Waals surface area contributed by atoms with Crippen LogP contribution in [0.25, 0.3) is 0 Å². The summed E-state index contributed by atoms with van der Waals surface area (Å²) >= 11 is 0. The fourth-order valence-corrected chi connectivity index (χ4v) is 3.16. The minimum Gasteiger partial charge on any atom is -0.492 e. The van der Waals surface area contributed by atoms with Crippen molar-refractivity contribution in [1.29, 1.82) is 0 Å². The normalized spacial score (nSPS) is 24.8. The number of ether oxygens (including phenoxy) is 2.